The van der Waals surface area contributed by atoms with Gasteiger partial charge in [-0.25, -0.2) is 0 Å². The Morgan fingerprint density at radius 1 is 1.25 bits per heavy atom. The first-order chi connectivity index (χ1) is 12.9. The molecular formula is C21H33IN4OS. The topological polar surface area (TPSA) is 48.9 Å². The molecule has 0 saturated heterocycles. The largest absolute Gasteiger partial charge is 0.497 e. The van der Waals surface area contributed by atoms with Crippen LogP contribution in [0.5, 0.6) is 5.75 Å². The molecule has 2 aromatic rings. The second-order valence-corrected chi connectivity index (χ2v) is 8.34. The standard InChI is InChI=1S/C21H32N4OS.HI/c1-15(12-19-11-10-16(2)27-19)24-21(22-3)23-14-20(25(4)5)17-8-7-9-18(13-17)26-6;/h7-11,13,15,20H,12,14H2,1-6H3,(H2,22,23,24);1H. The van der Waals surface area contributed by atoms with Crippen molar-refractivity contribution in [3.05, 3.63) is 51.7 Å². The number of aryl methyl sites for hydroxylation is 1. The molecule has 2 rings (SSSR count). The van der Waals surface area contributed by atoms with E-state index in [4.69, 9.17) is 4.74 Å². The molecule has 1 heterocycles. The summed E-state index contributed by atoms with van der Waals surface area (Å²) < 4.78 is 5.37. The van der Waals surface area contributed by atoms with Crippen LogP contribution in [0.15, 0.2) is 41.4 Å². The van der Waals surface area contributed by atoms with Gasteiger partial charge in [-0.1, -0.05) is 12.1 Å². The number of guanidine groups is 1. The van der Waals surface area contributed by atoms with E-state index in [1.165, 1.54) is 15.3 Å². The van der Waals surface area contributed by atoms with Crippen LogP contribution in [0.1, 0.15) is 28.3 Å². The zero-order valence-electron chi connectivity index (χ0n) is 17.7. The van der Waals surface area contributed by atoms with Gasteiger partial charge < -0.3 is 20.3 Å². The van der Waals surface area contributed by atoms with Crippen molar-refractivity contribution in [1.82, 2.24) is 15.5 Å². The van der Waals surface area contributed by atoms with Crippen molar-refractivity contribution in [3.63, 3.8) is 0 Å². The van der Waals surface area contributed by atoms with E-state index in [2.05, 4.69) is 72.7 Å². The minimum atomic E-state index is 0. The highest BCUT2D eigenvalue weighted by Crippen LogP contribution is 2.22. The van der Waals surface area contributed by atoms with Gasteiger partial charge in [-0.15, -0.1) is 35.3 Å². The maximum atomic E-state index is 5.37. The highest BCUT2D eigenvalue weighted by molar-refractivity contribution is 14.0. The number of ether oxygens (including phenoxy) is 1. The molecule has 5 nitrogen and oxygen atoms in total. The number of likely N-dealkylation sites (N-methyl/N-ethyl adjacent to an activating group) is 1. The van der Waals surface area contributed by atoms with Crippen molar-refractivity contribution in [2.75, 3.05) is 34.8 Å². The predicted octanol–water partition coefficient (Wildman–Crippen LogP) is 4.08. The van der Waals surface area contributed by atoms with Crippen LogP contribution in [-0.4, -0.2) is 51.7 Å². The fraction of sp³-hybridized carbons (Fsp3) is 0.476. The van der Waals surface area contributed by atoms with E-state index in [1.807, 2.05) is 30.5 Å². The summed E-state index contributed by atoms with van der Waals surface area (Å²) in [5, 5.41) is 6.96. The van der Waals surface area contributed by atoms with E-state index < -0.39 is 0 Å². The molecule has 28 heavy (non-hydrogen) atoms. The molecule has 2 unspecified atom stereocenters. The lowest BCUT2D eigenvalue weighted by Gasteiger charge is -2.27. The first kappa shape index (κ1) is 24.7. The molecule has 0 saturated carbocycles. The third-order valence-electron chi connectivity index (χ3n) is 4.47. The monoisotopic (exact) mass is 516 g/mol. The molecule has 0 aliphatic rings. The zero-order valence-corrected chi connectivity index (χ0v) is 20.8. The Morgan fingerprint density at radius 3 is 2.57 bits per heavy atom. The maximum Gasteiger partial charge on any atom is 0.191 e. The average Bonchev–Trinajstić information content (AvgIpc) is 3.05. The van der Waals surface area contributed by atoms with E-state index in [0.717, 1.165) is 24.7 Å². The SMILES string of the molecule is CN=C(NCC(c1cccc(OC)c1)N(C)C)NC(C)Cc1ccc(C)s1.I. The molecule has 1 aromatic heterocycles. The van der Waals surface area contributed by atoms with Gasteiger partial charge in [0.2, 0.25) is 0 Å². The number of rotatable bonds is 8. The molecule has 0 fully saturated rings. The minimum absolute atomic E-state index is 0. The molecule has 2 N–H and O–H groups in total. The van der Waals surface area contributed by atoms with E-state index in [1.54, 1.807) is 7.11 Å². The quantitative estimate of drug-likeness (QED) is 0.316. The molecule has 7 heteroatoms. The average molecular weight is 516 g/mol. The summed E-state index contributed by atoms with van der Waals surface area (Å²) in [7, 11) is 7.69. The summed E-state index contributed by atoms with van der Waals surface area (Å²) in [6, 6.07) is 13.1. The molecule has 2 atom stereocenters. The van der Waals surface area contributed by atoms with Gasteiger partial charge in [0.05, 0.1) is 13.2 Å². The van der Waals surface area contributed by atoms with Crippen LogP contribution in [-0.2, 0) is 6.42 Å². The zero-order chi connectivity index (χ0) is 19.8. The third-order valence-corrected chi connectivity index (χ3v) is 5.50. The summed E-state index contributed by atoms with van der Waals surface area (Å²) in [6.45, 7) is 5.09. The van der Waals surface area contributed by atoms with E-state index in [9.17, 15) is 0 Å². The van der Waals surface area contributed by atoms with Crippen LogP contribution >= 0.6 is 35.3 Å². The number of nitrogens with one attached hydrogen (secondary N) is 2. The van der Waals surface area contributed by atoms with Crippen molar-refractivity contribution in [2.45, 2.75) is 32.4 Å². The first-order valence-electron chi connectivity index (χ1n) is 9.25. The normalized spacial score (nSPS) is 13.6. The maximum absolute atomic E-state index is 5.37. The Kier molecular flexibility index (Phi) is 10.8. The van der Waals surface area contributed by atoms with Crippen molar-refractivity contribution in [3.8, 4) is 5.75 Å². The smallest absolute Gasteiger partial charge is 0.191 e. The van der Waals surface area contributed by atoms with Gasteiger partial charge in [0.25, 0.3) is 0 Å². The van der Waals surface area contributed by atoms with E-state index >= 15 is 0 Å². The number of hydrogen-bond acceptors (Lipinski definition) is 4. The van der Waals surface area contributed by atoms with Crippen molar-refractivity contribution < 1.29 is 4.74 Å². The molecule has 156 valence electrons. The summed E-state index contributed by atoms with van der Waals surface area (Å²) in [4.78, 5) is 9.34. The van der Waals surface area contributed by atoms with Crippen LogP contribution in [0.2, 0.25) is 0 Å². The molecule has 0 radical (unpaired) electrons. The Morgan fingerprint density at radius 2 is 2.00 bits per heavy atom. The van der Waals surface area contributed by atoms with Gasteiger partial charge in [-0.05, 0) is 57.8 Å². The van der Waals surface area contributed by atoms with Crippen LogP contribution < -0.4 is 15.4 Å². The summed E-state index contributed by atoms with van der Waals surface area (Å²) in [6.07, 6.45) is 0.992. The third kappa shape index (κ3) is 7.60. The lowest BCUT2D eigenvalue weighted by Crippen LogP contribution is -2.45. The van der Waals surface area contributed by atoms with Crippen molar-refractivity contribution in [2.24, 2.45) is 4.99 Å². The van der Waals surface area contributed by atoms with E-state index in [0.29, 0.717) is 6.04 Å². The van der Waals surface area contributed by atoms with Crippen LogP contribution in [0, 0.1) is 6.92 Å². The Balaban J connectivity index is 0.00000392. The molecule has 0 aliphatic carbocycles. The Labute approximate surface area is 190 Å². The molecular weight excluding hydrogens is 483 g/mol. The highest BCUT2D eigenvalue weighted by Gasteiger charge is 2.16. The number of aliphatic imine (C=N–C) groups is 1. The minimum Gasteiger partial charge on any atom is -0.497 e. The van der Waals surface area contributed by atoms with Gasteiger partial charge >= 0.3 is 0 Å². The van der Waals surface area contributed by atoms with Gasteiger partial charge in [0, 0.05) is 35.8 Å². The molecule has 0 bridgehead atoms. The number of halogens is 1. The number of methoxy groups -OCH3 is 1. The fourth-order valence-corrected chi connectivity index (χ4v) is 4.04. The van der Waals surface area contributed by atoms with Gasteiger partial charge in [0.1, 0.15) is 5.75 Å². The van der Waals surface area contributed by atoms with Gasteiger partial charge in [-0.2, -0.15) is 0 Å². The predicted molar refractivity (Wildman–Crippen MR) is 132 cm³/mol. The van der Waals surface area contributed by atoms with Crippen molar-refractivity contribution in [1.29, 1.82) is 0 Å². The van der Waals surface area contributed by atoms with Crippen molar-refractivity contribution >= 4 is 41.3 Å². The van der Waals surface area contributed by atoms with Crippen LogP contribution in [0.25, 0.3) is 0 Å². The molecule has 0 aliphatic heterocycles. The lowest BCUT2D eigenvalue weighted by atomic mass is 10.1. The van der Waals surface area contributed by atoms with E-state index in [-0.39, 0.29) is 30.0 Å². The molecule has 0 spiro atoms. The van der Waals surface area contributed by atoms with Gasteiger partial charge in [0.15, 0.2) is 5.96 Å². The number of hydrogen-bond donors (Lipinski definition) is 2. The highest BCUT2D eigenvalue weighted by atomic mass is 127. The summed E-state index contributed by atoms with van der Waals surface area (Å²) >= 11 is 1.85. The first-order valence-corrected chi connectivity index (χ1v) is 10.1. The number of nitrogens with zero attached hydrogens (tertiary/aromatic N) is 2. The molecule has 0 amide bonds. The molecule has 1 aromatic carbocycles. The van der Waals surface area contributed by atoms with Gasteiger partial charge in [-0.3, -0.25) is 4.99 Å². The second-order valence-electron chi connectivity index (χ2n) is 6.97. The number of thiophene rings is 1. The Bertz CT molecular complexity index is 748. The summed E-state index contributed by atoms with van der Waals surface area (Å²) in [5.41, 5.74) is 1.21. The van der Waals surface area contributed by atoms with Crippen LogP contribution in [0.4, 0.5) is 0 Å². The fourth-order valence-electron chi connectivity index (χ4n) is 3.02. The second kappa shape index (κ2) is 12.3. The lowest BCUT2D eigenvalue weighted by molar-refractivity contribution is 0.297. The number of benzene rings is 1. The Hall–Kier alpha value is -1.32. The van der Waals surface area contributed by atoms with Crippen LogP contribution in [0.3, 0.4) is 0 Å². The summed E-state index contributed by atoms with van der Waals surface area (Å²) in [5.74, 6) is 1.70.